The van der Waals surface area contributed by atoms with E-state index in [2.05, 4.69) is 0 Å². The van der Waals surface area contributed by atoms with Crippen molar-refractivity contribution < 1.29 is 9.53 Å². The zero-order chi connectivity index (χ0) is 15.1. The van der Waals surface area contributed by atoms with E-state index < -0.39 is 0 Å². The standard InChI is InChI=1S/C17H26N2O2/c1-2-19(15-8-6-14(13-18)7-9-15)17(20)11-10-16-5-3-4-12-21-16/h6-9,16H,2-5,10-13,18H2,1H3. The van der Waals surface area contributed by atoms with Crippen LogP contribution < -0.4 is 10.6 Å². The van der Waals surface area contributed by atoms with Gasteiger partial charge in [0.05, 0.1) is 6.10 Å². The summed E-state index contributed by atoms with van der Waals surface area (Å²) >= 11 is 0. The number of nitrogens with zero attached hydrogens (tertiary/aromatic N) is 1. The van der Waals surface area contributed by atoms with Crippen LogP contribution in [0.25, 0.3) is 0 Å². The smallest absolute Gasteiger partial charge is 0.227 e. The first-order valence-corrected chi connectivity index (χ1v) is 7.95. The van der Waals surface area contributed by atoms with E-state index >= 15 is 0 Å². The first-order valence-electron chi connectivity index (χ1n) is 7.95. The molecule has 1 aliphatic rings. The SMILES string of the molecule is CCN(C(=O)CCC1CCCCO1)c1ccc(CN)cc1. The second-order valence-corrected chi connectivity index (χ2v) is 5.54. The molecule has 1 fully saturated rings. The lowest BCUT2D eigenvalue weighted by atomic mass is 10.0. The van der Waals surface area contributed by atoms with Crippen LogP contribution in [0, 0.1) is 0 Å². The molecule has 2 N–H and O–H groups in total. The van der Waals surface area contributed by atoms with Crippen LogP contribution in [0.2, 0.25) is 0 Å². The Morgan fingerprint density at radius 2 is 2.10 bits per heavy atom. The van der Waals surface area contributed by atoms with Crippen molar-refractivity contribution in [3.05, 3.63) is 29.8 Å². The normalized spacial score (nSPS) is 18.5. The Morgan fingerprint density at radius 3 is 2.67 bits per heavy atom. The molecule has 0 bridgehead atoms. The van der Waals surface area contributed by atoms with Gasteiger partial charge < -0.3 is 15.4 Å². The van der Waals surface area contributed by atoms with E-state index in [4.69, 9.17) is 10.5 Å². The molecule has 0 radical (unpaired) electrons. The van der Waals surface area contributed by atoms with Gasteiger partial charge in [-0.3, -0.25) is 4.79 Å². The number of ether oxygens (including phenoxy) is 1. The number of carbonyl (C=O) groups excluding carboxylic acids is 1. The van der Waals surface area contributed by atoms with Crippen molar-refractivity contribution in [2.24, 2.45) is 5.73 Å². The molecular weight excluding hydrogens is 264 g/mol. The van der Waals surface area contributed by atoms with Gasteiger partial charge in [-0.05, 0) is 50.3 Å². The maximum absolute atomic E-state index is 12.4. The molecule has 1 atom stereocenters. The summed E-state index contributed by atoms with van der Waals surface area (Å²) in [6, 6.07) is 7.91. The molecule has 1 amide bonds. The quantitative estimate of drug-likeness (QED) is 0.876. The van der Waals surface area contributed by atoms with Crippen LogP contribution in [0.5, 0.6) is 0 Å². The van der Waals surface area contributed by atoms with E-state index in [1.54, 1.807) is 0 Å². The summed E-state index contributed by atoms with van der Waals surface area (Å²) < 4.78 is 5.69. The number of hydrogen-bond donors (Lipinski definition) is 1. The molecule has 4 heteroatoms. The van der Waals surface area contributed by atoms with Crippen molar-refractivity contribution >= 4 is 11.6 Å². The number of amides is 1. The second-order valence-electron chi connectivity index (χ2n) is 5.54. The van der Waals surface area contributed by atoms with E-state index in [1.165, 1.54) is 6.42 Å². The zero-order valence-electron chi connectivity index (χ0n) is 12.9. The number of hydrogen-bond acceptors (Lipinski definition) is 3. The predicted molar refractivity (Wildman–Crippen MR) is 85.2 cm³/mol. The van der Waals surface area contributed by atoms with Gasteiger partial charge in [0.15, 0.2) is 0 Å². The van der Waals surface area contributed by atoms with E-state index in [1.807, 2.05) is 36.1 Å². The van der Waals surface area contributed by atoms with Crippen molar-refractivity contribution in [2.75, 3.05) is 18.1 Å². The third kappa shape index (κ3) is 4.55. The van der Waals surface area contributed by atoms with Crippen LogP contribution in [0.1, 0.15) is 44.6 Å². The molecule has 1 heterocycles. The summed E-state index contributed by atoms with van der Waals surface area (Å²) in [6.07, 6.45) is 5.11. The molecular formula is C17H26N2O2. The van der Waals surface area contributed by atoms with Gasteiger partial charge >= 0.3 is 0 Å². The fourth-order valence-electron chi connectivity index (χ4n) is 2.77. The Kier molecular flexibility index (Phi) is 6.21. The minimum atomic E-state index is 0.173. The summed E-state index contributed by atoms with van der Waals surface area (Å²) in [5.41, 5.74) is 7.63. The highest BCUT2D eigenvalue weighted by Crippen LogP contribution is 2.20. The van der Waals surface area contributed by atoms with Gasteiger partial charge in [0.1, 0.15) is 0 Å². The van der Waals surface area contributed by atoms with Crippen LogP contribution in [0.3, 0.4) is 0 Å². The van der Waals surface area contributed by atoms with Crippen LogP contribution in [-0.2, 0) is 16.1 Å². The van der Waals surface area contributed by atoms with Gasteiger partial charge in [0, 0.05) is 31.8 Å². The molecule has 0 saturated carbocycles. The molecule has 116 valence electrons. The maximum atomic E-state index is 12.4. The summed E-state index contributed by atoms with van der Waals surface area (Å²) in [5, 5.41) is 0. The van der Waals surface area contributed by atoms with Crippen LogP contribution in [0.15, 0.2) is 24.3 Å². The highest BCUT2D eigenvalue weighted by Gasteiger charge is 2.18. The number of nitrogens with two attached hydrogens (primary N) is 1. The molecule has 21 heavy (non-hydrogen) atoms. The molecule has 1 aromatic rings. The number of carbonyl (C=O) groups is 1. The molecule has 1 aliphatic heterocycles. The molecule has 0 spiro atoms. The van der Waals surface area contributed by atoms with Gasteiger partial charge in [0.25, 0.3) is 0 Å². The molecule has 0 aliphatic carbocycles. The van der Waals surface area contributed by atoms with Crippen LogP contribution in [0.4, 0.5) is 5.69 Å². The molecule has 4 nitrogen and oxygen atoms in total. The first kappa shape index (κ1) is 16.0. The third-order valence-electron chi connectivity index (χ3n) is 4.06. The molecule has 1 unspecified atom stereocenters. The van der Waals surface area contributed by atoms with Gasteiger partial charge in [-0.25, -0.2) is 0 Å². The lowest BCUT2D eigenvalue weighted by Crippen LogP contribution is -2.31. The number of benzene rings is 1. The Balaban J connectivity index is 1.90. The monoisotopic (exact) mass is 290 g/mol. The van der Waals surface area contributed by atoms with Crippen LogP contribution in [-0.4, -0.2) is 25.2 Å². The lowest BCUT2D eigenvalue weighted by Gasteiger charge is -2.25. The zero-order valence-corrected chi connectivity index (χ0v) is 12.9. The van der Waals surface area contributed by atoms with Gasteiger partial charge in [0.2, 0.25) is 5.91 Å². The Labute approximate surface area is 127 Å². The Morgan fingerprint density at radius 1 is 1.33 bits per heavy atom. The molecule has 2 rings (SSSR count). The summed E-state index contributed by atoms with van der Waals surface area (Å²) in [5.74, 6) is 0.173. The average Bonchev–Trinajstić information content (AvgIpc) is 2.55. The van der Waals surface area contributed by atoms with Crippen molar-refractivity contribution in [3.63, 3.8) is 0 Å². The van der Waals surface area contributed by atoms with Gasteiger partial charge in [-0.2, -0.15) is 0 Å². The van der Waals surface area contributed by atoms with E-state index in [9.17, 15) is 4.79 Å². The molecule has 1 saturated heterocycles. The number of rotatable bonds is 6. The molecule has 1 aromatic carbocycles. The third-order valence-corrected chi connectivity index (χ3v) is 4.06. The van der Waals surface area contributed by atoms with Crippen molar-refractivity contribution in [3.8, 4) is 0 Å². The Bertz CT molecular complexity index is 439. The summed E-state index contributed by atoms with van der Waals surface area (Å²) in [4.78, 5) is 14.3. The summed E-state index contributed by atoms with van der Waals surface area (Å²) in [7, 11) is 0. The second kappa shape index (κ2) is 8.15. The van der Waals surface area contributed by atoms with Crippen LogP contribution >= 0.6 is 0 Å². The van der Waals surface area contributed by atoms with Crippen molar-refractivity contribution in [2.45, 2.75) is 51.7 Å². The lowest BCUT2D eigenvalue weighted by molar-refractivity contribution is -0.119. The number of anilines is 1. The minimum Gasteiger partial charge on any atom is -0.378 e. The minimum absolute atomic E-state index is 0.173. The highest BCUT2D eigenvalue weighted by molar-refractivity contribution is 5.93. The predicted octanol–water partition coefficient (Wildman–Crippen LogP) is 2.85. The topological polar surface area (TPSA) is 55.6 Å². The van der Waals surface area contributed by atoms with Crippen molar-refractivity contribution in [1.29, 1.82) is 0 Å². The highest BCUT2D eigenvalue weighted by atomic mass is 16.5. The van der Waals surface area contributed by atoms with Gasteiger partial charge in [-0.1, -0.05) is 12.1 Å². The Hall–Kier alpha value is -1.39. The largest absolute Gasteiger partial charge is 0.378 e. The fourth-order valence-corrected chi connectivity index (χ4v) is 2.77. The van der Waals surface area contributed by atoms with Crippen molar-refractivity contribution in [1.82, 2.24) is 0 Å². The molecule has 0 aromatic heterocycles. The summed E-state index contributed by atoms with van der Waals surface area (Å²) in [6.45, 7) is 4.06. The average molecular weight is 290 g/mol. The van der Waals surface area contributed by atoms with Gasteiger partial charge in [-0.15, -0.1) is 0 Å². The first-order chi connectivity index (χ1) is 10.2. The fraction of sp³-hybridized carbons (Fsp3) is 0.588. The van der Waals surface area contributed by atoms with E-state index in [0.29, 0.717) is 19.5 Å². The maximum Gasteiger partial charge on any atom is 0.227 e. The van der Waals surface area contributed by atoms with E-state index in [0.717, 1.165) is 37.1 Å². The van der Waals surface area contributed by atoms with E-state index in [-0.39, 0.29) is 12.0 Å².